The number of likely N-dealkylation sites (tertiary alicyclic amines) is 1. The number of aliphatic carboxylic acids is 1. The van der Waals surface area contributed by atoms with Crippen LogP contribution in [0.25, 0.3) is 0 Å². The molecule has 7 atom stereocenters. The molecule has 5 rings (SSSR count). The Labute approximate surface area is 340 Å². The number of aromatic nitrogens is 1. The molecule has 3 N–H and O–H groups in total. The van der Waals surface area contributed by atoms with Crippen molar-refractivity contribution < 1.29 is 33.8 Å². The minimum Gasteiger partial charge on any atom is -0.481 e. The van der Waals surface area contributed by atoms with Gasteiger partial charge in [-0.2, -0.15) is 0 Å². The highest BCUT2D eigenvalue weighted by Crippen LogP contribution is 2.35. The van der Waals surface area contributed by atoms with Gasteiger partial charge in [-0.25, -0.2) is 4.98 Å². The molecule has 1 fully saturated rings. The highest BCUT2D eigenvalue weighted by atomic mass is 32.1. The number of nitrogens with zero attached hydrogens (tertiary/aromatic N) is 3. The van der Waals surface area contributed by atoms with Gasteiger partial charge in [-0.3, -0.25) is 28.9 Å². The predicted octanol–water partition coefficient (Wildman–Crippen LogP) is 6.43. The van der Waals surface area contributed by atoms with Gasteiger partial charge in [0.15, 0.2) is 6.10 Å². The zero-order chi connectivity index (χ0) is 41.4. The monoisotopic (exact) mass is 801 g/mol. The number of carbonyl (C=O) groups excluding carboxylic acids is 4. The van der Waals surface area contributed by atoms with Gasteiger partial charge in [-0.1, -0.05) is 94.6 Å². The van der Waals surface area contributed by atoms with E-state index in [2.05, 4.69) is 20.5 Å². The molecule has 2 heterocycles. The standard InChI is InChI=1S/C44H59N5O7S/c1-8-28(5)39(47-41(52)36-16-12-13-19-48(36)7)43(53)49(24-30-14-10-9-11-15-30)37(26(2)3)23-38(56-29(6)50)42-46-35(25-57-42)40(51)45-32-21-31-18-17-27(4)20-33(31)34(22-32)44(54)55/h9-11,14-15,17-18,20,25-26,28,32,34,36-39H,8,12-13,16,19,21-24H2,1-7H3,(H,45,51)(H,47,52)(H,54,55)/t28-,32-,34+,36+,37+,38+,39-/m0/s1. The molecule has 0 spiro atoms. The number of amides is 3. The quantitative estimate of drug-likeness (QED) is 0.139. The van der Waals surface area contributed by atoms with E-state index in [1.54, 1.807) is 5.38 Å². The number of carboxylic acid groups (broad SMARTS) is 1. The number of rotatable bonds is 16. The molecule has 1 aliphatic carbocycles. The molecular weight excluding hydrogens is 743 g/mol. The molecule has 12 nitrogen and oxygen atoms in total. The van der Waals surface area contributed by atoms with Crippen LogP contribution in [0.5, 0.6) is 0 Å². The first-order valence-corrected chi connectivity index (χ1v) is 21.1. The normalized spacial score (nSPS) is 20.4. The summed E-state index contributed by atoms with van der Waals surface area (Å²) in [5.41, 5.74) is 3.71. The summed E-state index contributed by atoms with van der Waals surface area (Å²) < 4.78 is 5.91. The summed E-state index contributed by atoms with van der Waals surface area (Å²) in [5.74, 6) is -3.25. The summed E-state index contributed by atoms with van der Waals surface area (Å²) in [7, 11) is 1.95. The molecule has 0 saturated carbocycles. The molecule has 308 valence electrons. The van der Waals surface area contributed by atoms with Crippen LogP contribution in [0.1, 0.15) is 123 Å². The Balaban J connectivity index is 1.41. The fourth-order valence-corrected chi connectivity index (χ4v) is 9.00. The van der Waals surface area contributed by atoms with Gasteiger partial charge in [0.2, 0.25) is 11.8 Å². The fourth-order valence-electron chi connectivity index (χ4n) is 8.16. The van der Waals surface area contributed by atoms with Crippen LogP contribution in [0.2, 0.25) is 0 Å². The molecule has 57 heavy (non-hydrogen) atoms. The van der Waals surface area contributed by atoms with E-state index in [9.17, 15) is 29.1 Å². The molecule has 3 aromatic rings. The Morgan fingerprint density at radius 3 is 2.46 bits per heavy atom. The van der Waals surface area contributed by atoms with Crippen LogP contribution < -0.4 is 10.6 Å². The molecule has 0 bridgehead atoms. The van der Waals surface area contributed by atoms with Crippen molar-refractivity contribution in [2.75, 3.05) is 13.6 Å². The van der Waals surface area contributed by atoms with E-state index in [1.807, 2.05) is 95.1 Å². The van der Waals surface area contributed by atoms with E-state index in [0.717, 1.165) is 48.1 Å². The molecule has 0 radical (unpaired) electrons. The molecule has 2 aromatic carbocycles. The average molecular weight is 802 g/mol. The Morgan fingerprint density at radius 2 is 1.81 bits per heavy atom. The van der Waals surface area contributed by atoms with Gasteiger partial charge in [-0.05, 0) is 74.7 Å². The minimum atomic E-state index is -0.935. The minimum absolute atomic E-state index is 0.101. The number of thiazole rings is 1. The van der Waals surface area contributed by atoms with Crippen LogP contribution in [0, 0.1) is 18.8 Å². The summed E-state index contributed by atoms with van der Waals surface area (Å²) >= 11 is 1.19. The van der Waals surface area contributed by atoms with Crippen LogP contribution in [0.15, 0.2) is 53.9 Å². The van der Waals surface area contributed by atoms with Crippen LogP contribution in [0.3, 0.4) is 0 Å². The summed E-state index contributed by atoms with van der Waals surface area (Å²) in [6, 6.07) is 13.5. The molecular formula is C44H59N5O7S. The number of carboxylic acids is 1. The highest BCUT2D eigenvalue weighted by molar-refractivity contribution is 7.09. The third-order valence-corrected chi connectivity index (χ3v) is 12.5. The first-order valence-electron chi connectivity index (χ1n) is 20.3. The van der Waals surface area contributed by atoms with Gasteiger partial charge in [0, 0.05) is 37.4 Å². The number of benzene rings is 2. The third kappa shape index (κ3) is 11.1. The van der Waals surface area contributed by atoms with Crippen molar-refractivity contribution in [1.29, 1.82) is 0 Å². The van der Waals surface area contributed by atoms with E-state index in [4.69, 9.17) is 4.74 Å². The molecule has 0 unspecified atom stereocenters. The van der Waals surface area contributed by atoms with Crippen LogP contribution in [0.4, 0.5) is 0 Å². The number of aryl methyl sites for hydroxylation is 1. The van der Waals surface area contributed by atoms with Gasteiger partial charge in [0.25, 0.3) is 5.91 Å². The number of carbonyl (C=O) groups is 5. The van der Waals surface area contributed by atoms with E-state index in [1.165, 1.54) is 18.3 Å². The molecule has 3 amide bonds. The summed E-state index contributed by atoms with van der Waals surface area (Å²) in [6.45, 7) is 12.4. The van der Waals surface area contributed by atoms with Crippen LogP contribution >= 0.6 is 11.3 Å². The number of nitrogens with one attached hydrogen (secondary N) is 2. The number of likely N-dealkylation sites (N-methyl/N-ethyl adjacent to an activating group) is 1. The Bertz CT molecular complexity index is 1880. The highest BCUT2D eigenvalue weighted by Gasteiger charge is 2.39. The lowest BCUT2D eigenvalue weighted by atomic mass is 9.79. The summed E-state index contributed by atoms with van der Waals surface area (Å²) in [5, 5.41) is 18.2. The van der Waals surface area contributed by atoms with Crippen molar-refractivity contribution in [2.24, 2.45) is 11.8 Å². The number of hydrogen-bond acceptors (Lipinski definition) is 9. The second-order valence-electron chi connectivity index (χ2n) is 16.2. The first kappa shape index (κ1) is 43.5. The van der Waals surface area contributed by atoms with Crippen molar-refractivity contribution in [2.45, 2.75) is 129 Å². The second kappa shape index (κ2) is 19.7. The van der Waals surface area contributed by atoms with E-state index >= 15 is 0 Å². The fraction of sp³-hybridized carbons (Fsp3) is 0.545. The van der Waals surface area contributed by atoms with Gasteiger partial charge in [-0.15, -0.1) is 11.3 Å². The predicted molar refractivity (Wildman–Crippen MR) is 220 cm³/mol. The number of fused-ring (bicyclic) bond motifs is 1. The number of piperidine rings is 1. The Morgan fingerprint density at radius 1 is 1.07 bits per heavy atom. The summed E-state index contributed by atoms with van der Waals surface area (Å²) in [6.07, 6.45) is 3.48. The topological polar surface area (TPSA) is 158 Å². The second-order valence-corrected chi connectivity index (χ2v) is 17.1. The van der Waals surface area contributed by atoms with Crippen LogP contribution in [-0.2, 0) is 36.9 Å². The molecule has 2 aliphatic rings. The van der Waals surface area contributed by atoms with E-state index in [-0.39, 0.29) is 54.8 Å². The van der Waals surface area contributed by atoms with Crippen molar-refractivity contribution in [1.82, 2.24) is 25.4 Å². The van der Waals surface area contributed by atoms with E-state index < -0.39 is 48.0 Å². The van der Waals surface area contributed by atoms with Crippen LogP contribution in [-0.4, -0.2) is 87.3 Å². The average Bonchev–Trinajstić information content (AvgIpc) is 3.68. The van der Waals surface area contributed by atoms with Gasteiger partial charge in [0.1, 0.15) is 16.7 Å². The third-order valence-electron chi connectivity index (χ3n) is 11.6. The largest absolute Gasteiger partial charge is 0.481 e. The van der Waals surface area contributed by atoms with E-state index in [0.29, 0.717) is 17.8 Å². The lowest BCUT2D eigenvalue weighted by molar-refractivity contribution is -0.150. The molecule has 13 heteroatoms. The number of esters is 1. The van der Waals surface area contributed by atoms with Crippen molar-refractivity contribution in [3.05, 3.63) is 86.9 Å². The zero-order valence-corrected chi connectivity index (χ0v) is 35.1. The summed E-state index contributed by atoms with van der Waals surface area (Å²) in [4.78, 5) is 75.7. The number of ether oxygens (including phenoxy) is 1. The Kier molecular flexibility index (Phi) is 15.0. The maximum atomic E-state index is 15.0. The maximum absolute atomic E-state index is 15.0. The smallest absolute Gasteiger partial charge is 0.311 e. The lowest BCUT2D eigenvalue weighted by Crippen LogP contribution is -2.58. The van der Waals surface area contributed by atoms with Gasteiger partial charge in [0.05, 0.1) is 12.0 Å². The Hall–Kier alpha value is -4.62. The first-order chi connectivity index (χ1) is 27.2. The van der Waals surface area contributed by atoms with Gasteiger partial charge >= 0.3 is 11.9 Å². The SMILES string of the molecule is CC[C@H](C)[C@H](NC(=O)[C@H]1CCCCN1C)C(=O)N(Cc1ccccc1)[C@H](C[C@@H](OC(C)=O)c1nc(C(=O)N[C@H]2Cc3ccc(C)cc3[C@H](C(=O)O)C2)cs1)C(C)C. The molecule has 1 aromatic heterocycles. The molecule has 1 saturated heterocycles. The van der Waals surface area contributed by atoms with Crippen molar-refractivity contribution in [3.8, 4) is 0 Å². The molecule has 1 aliphatic heterocycles. The van der Waals surface area contributed by atoms with Gasteiger partial charge < -0.3 is 25.4 Å². The van der Waals surface area contributed by atoms with Crippen molar-refractivity contribution in [3.63, 3.8) is 0 Å². The maximum Gasteiger partial charge on any atom is 0.311 e. The zero-order valence-electron chi connectivity index (χ0n) is 34.3. The number of hydrogen-bond donors (Lipinski definition) is 3. The van der Waals surface area contributed by atoms with Crippen molar-refractivity contribution >= 4 is 41.0 Å². The lowest BCUT2D eigenvalue weighted by Gasteiger charge is -2.40.